The summed E-state index contributed by atoms with van der Waals surface area (Å²) in [7, 11) is -4.13. The highest BCUT2D eigenvalue weighted by molar-refractivity contribution is 7.92. The quantitative estimate of drug-likeness (QED) is 0.250. The first-order valence-electron chi connectivity index (χ1n) is 13.6. The van der Waals surface area contributed by atoms with Crippen molar-refractivity contribution in [1.82, 2.24) is 10.2 Å². The molecule has 2 atom stereocenters. The van der Waals surface area contributed by atoms with Gasteiger partial charge in [-0.15, -0.1) is 0 Å². The minimum Gasteiger partial charge on any atom is -0.352 e. The summed E-state index contributed by atoms with van der Waals surface area (Å²) in [5.74, 6) is -0.834. The predicted octanol–water partition coefficient (Wildman–Crippen LogP) is 6.53. The number of halogens is 2. The Kier molecular flexibility index (Phi) is 11.2. The molecule has 1 N–H and O–H groups in total. The van der Waals surface area contributed by atoms with Gasteiger partial charge in [0.2, 0.25) is 11.8 Å². The first-order chi connectivity index (χ1) is 19.4. The number of hydrogen-bond donors (Lipinski definition) is 1. The molecule has 3 rings (SSSR count). The van der Waals surface area contributed by atoms with Crippen molar-refractivity contribution in [2.75, 3.05) is 10.8 Å². The number of sulfonamides is 1. The molecule has 0 aliphatic rings. The van der Waals surface area contributed by atoms with Crippen LogP contribution in [0.1, 0.15) is 50.3 Å². The Balaban J connectivity index is 2.09. The zero-order valence-electron chi connectivity index (χ0n) is 24.0. The van der Waals surface area contributed by atoms with Gasteiger partial charge in [-0.1, -0.05) is 67.4 Å². The summed E-state index contributed by atoms with van der Waals surface area (Å²) in [6, 6.07) is 17.3. The van der Waals surface area contributed by atoms with Gasteiger partial charge in [0.25, 0.3) is 10.0 Å². The number of amides is 2. The first-order valence-corrected chi connectivity index (χ1v) is 15.8. The van der Waals surface area contributed by atoms with Crippen LogP contribution in [0.3, 0.4) is 0 Å². The van der Waals surface area contributed by atoms with Crippen molar-refractivity contribution in [3.05, 3.63) is 93.5 Å². The van der Waals surface area contributed by atoms with E-state index >= 15 is 0 Å². The molecule has 220 valence electrons. The third-order valence-electron chi connectivity index (χ3n) is 7.11. The van der Waals surface area contributed by atoms with Gasteiger partial charge in [0.05, 0.1) is 20.6 Å². The van der Waals surface area contributed by atoms with Crippen LogP contribution in [0.15, 0.2) is 71.6 Å². The van der Waals surface area contributed by atoms with Crippen molar-refractivity contribution < 1.29 is 18.0 Å². The maximum absolute atomic E-state index is 14.2. The van der Waals surface area contributed by atoms with Crippen molar-refractivity contribution in [2.45, 2.75) is 71.0 Å². The fourth-order valence-corrected chi connectivity index (χ4v) is 6.07. The summed E-state index contributed by atoms with van der Waals surface area (Å²) >= 11 is 12.4. The van der Waals surface area contributed by atoms with Crippen molar-refractivity contribution in [3.8, 4) is 0 Å². The second-order valence-corrected chi connectivity index (χ2v) is 12.8. The molecule has 0 radical (unpaired) electrons. The Labute approximate surface area is 253 Å². The van der Waals surface area contributed by atoms with Crippen LogP contribution in [0.4, 0.5) is 5.69 Å². The zero-order chi connectivity index (χ0) is 30.3. The second-order valence-electron chi connectivity index (χ2n) is 10.1. The maximum Gasteiger partial charge on any atom is 0.264 e. The summed E-state index contributed by atoms with van der Waals surface area (Å²) in [6.45, 7) is 9.02. The van der Waals surface area contributed by atoms with Gasteiger partial charge >= 0.3 is 0 Å². The van der Waals surface area contributed by atoms with Gasteiger partial charge in [-0.3, -0.25) is 13.9 Å². The number of nitrogens with zero attached hydrogens (tertiary/aromatic N) is 2. The van der Waals surface area contributed by atoms with Gasteiger partial charge in [0.1, 0.15) is 12.6 Å². The Hall–Kier alpha value is -3.07. The van der Waals surface area contributed by atoms with Gasteiger partial charge in [-0.25, -0.2) is 8.42 Å². The van der Waals surface area contributed by atoms with Crippen molar-refractivity contribution >= 4 is 50.7 Å². The molecule has 0 bridgehead atoms. The number of hydrogen-bond acceptors (Lipinski definition) is 4. The minimum atomic E-state index is -4.13. The van der Waals surface area contributed by atoms with Gasteiger partial charge < -0.3 is 10.2 Å². The lowest BCUT2D eigenvalue weighted by molar-refractivity contribution is -0.140. The summed E-state index contributed by atoms with van der Waals surface area (Å²) < 4.78 is 29.0. The molecule has 0 aromatic heterocycles. The van der Waals surface area contributed by atoms with Gasteiger partial charge in [-0.2, -0.15) is 0 Å². The number of aryl methyl sites for hydroxylation is 2. The summed E-state index contributed by atoms with van der Waals surface area (Å²) in [4.78, 5) is 29.0. The van der Waals surface area contributed by atoms with E-state index in [1.54, 1.807) is 48.5 Å². The minimum absolute atomic E-state index is 0.0360. The van der Waals surface area contributed by atoms with E-state index in [2.05, 4.69) is 5.32 Å². The summed E-state index contributed by atoms with van der Waals surface area (Å²) in [5, 5.41) is 3.65. The van der Waals surface area contributed by atoms with Crippen molar-refractivity contribution in [3.63, 3.8) is 0 Å². The molecule has 0 aliphatic heterocycles. The number of nitrogens with one attached hydrogen (secondary N) is 1. The topological polar surface area (TPSA) is 86.8 Å². The summed E-state index contributed by atoms with van der Waals surface area (Å²) in [5.41, 5.74) is 2.89. The molecule has 0 fully saturated rings. The fraction of sp³-hybridized carbons (Fsp3) is 0.355. The molecule has 2 amide bonds. The van der Waals surface area contributed by atoms with Crippen molar-refractivity contribution in [2.24, 2.45) is 0 Å². The van der Waals surface area contributed by atoms with E-state index in [0.29, 0.717) is 27.7 Å². The second kappa shape index (κ2) is 14.2. The average Bonchev–Trinajstić information content (AvgIpc) is 2.95. The van der Waals surface area contributed by atoms with Crippen LogP contribution >= 0.6 is 23.2 Å². The number of carbonyl (C=O) groups excluding carboxylic acids is 2. The molecule has 0 aliphatic carbocycles. The number of rotatable bonds is 12. The molecule has 0 heterocycles. The first kappa shape index (κ1) is 32.4. The van der Waals surface area contributed by atoms with E-state index in [9.17, 15) is 18.0 Å². The summed E-state index contributed by atoms with van der Waals surface area (Å²) in [6.07, 6.45) is 1.04. The maximum atomic E-state index is 14.2. The number of anilines is 1. The third kappa shape index (κ3) is 8.03. The normalized spacial score (nSPS) is 12.9. The Morgan fingerprint density at radius 1 is 0.878 bits per heavy atom. The molecule has 0 unspecified atom stereocenters. The van der Waals surface area contributed by atoms with Crippen LogP contribution in [-0.4, -0.2) is 43.8 Å². The zero-order valence-corrected chi connectivity index (χ0v) is 26.4. The Morgan fingerprint density at radius 3 is 2.15 bits per heavy atom. The molecule has 7 nitrogen and oxygen atoms in total. The van der Waals surface area contributed by atoms with Gasteiger partial charge in [0, 0.05) is 12.6 Å². The average molecular weight is 619 g/mol. The number of benzene rings is 3. The standard InChI is InChI=1S/C31H37Cl2N3O4S/c1-6-23(5)34-31(38)29(7-2)35(19-24-14-16-27(32)28(33)18-24)30(37)20-36(25-15-13-21(3)22(4)17-25)41(39,40)26-11-9-8-10-12-26/h8-18,23,29H,6-7,19-20H2,1-5H3,(H,34,38)/t23-,29-/m0/s1. The lowest BCUT2D eigenvalue weighted by atomic mass is 10.1. The van der Waals surface area contributed by atoms with E-state index in [4.69, 9.17) is 23.2 Å². The van der Waals surface area contributed by atoms with E-state index in [-0.39, 0.29) is 23.4 Å². The van der Waals surface area contributed by atoms with E-state index < -0.39 is 28.5 Å². The SMILES string of the molecule is CC[C@H](C)NC(=O)[C@H](CC)N(Cc1ccc(Cl)c(Cl)c1)C(=O)CN(c1ccc(C)c(C)c1)S(=O)(=O)c1ccccc1. The highest BCUT2D eigenvalue weighted by Crippen LogP contribution is 2.28. The predicted molar refractivity (Wildman–Crippen MR) is 166 cm³/mol. The van der Waals surface area contributed by atoms with E-state index in [1.807, 2.05) is 40.7 Å². The van der Waals surface area contributed by atoms with E-state index in [0.717, 1.165) is 21.9 Å². The molecular weight excluding hydrogens is 581 g/mol. The smallest absolute Gasteiger partial charge is 0.264 e. The highest BCUT2D eigenvalue weighted by atomic mass is 35.5. The van der Waals surface area contributed by atoms with Gasteiger partial charge in [-0.05, 0) is 86.7 Å². The molecular formula is C31H37Cl2N3O4S. The van der Waals surface area contributed by atoms with Crippen molar-refractivity contribution in [1.29, 1.82) is 0 Å². The Bertz CT molecular complexity index is 1480. The highest BCUT2D eigenvalue weighted by Gasteiger charge is 2.34. The fourth-order valence-electron chi connectivity index (χ4n) is 4.32. The van der Waals surface area contributed by atoms with Crippen LogP contribution in [0.2, 0.25) is 10.0 Å². The molecule has 10 heteroatoms. The molecule has 0 saturated carbocycles. The number of carbonyl (C=O) groups is 2. The van der Waals surface area contributed by atoms with E-state index in [1.165, 1.54) is 17.0 Å². The van der Waals surface area contributed by atoms with Crippen LogP contribution in [-0.2, 0) is 26.2 Å². The lowest BCUT2D eigenvalue weighted by Gasteiger charge is -2.34. The molecule has 0 spiro atoms. The Morgan fingerprint density at radius 2 is 1.56 bits per heavy atom. The lowest BCUT2D eigenvalue weighted by Crippen LogP contribution is -2.53. The van der Waals surface area contributed by atoms with Gasteiger partial charge in [0.15, 0.2) is 0 Å². The third-order valence-corrected chi connectivity index (χ3v) is 9.64. The van der Waals surface area contributed by atoms with Crippen LogP contribution < -0.4 is 9.62 Å². The van der Waals surface area contributed by atoms with Crippen LogP contribution in [0.25, 0.3) is 0 Å². The monoisotopic (exact) mass is 617 g/mol. The van der Waals surface area contributed by atoms with Crippen LogP contribution in [0, 0.1) is 13.8 Å². The largest absolute Gasteiger partial charge is 0.352 e. The molecule has 41 heavy (non-hydrogen) atoms. The molecule has 3 aromatic rings. The molecule has 0 saturated heterocycles. The molecule has 3 aromatic carbocycles. The van der Waals surface area contributed by atoms with Crippen LogP contribution in [0.5, 0.6) is 0 Å².